The van der Waals surface area contributed by atoms with E-state index in [2.05, 4.69) is 25.5 Å². The molecule has 4 heterocycles. The monoisotopic (exact) mass is 501 g/mol. The molecular formula is C28H19N7O3. The lowest BCUT2D eigenvalue weighted by molar-refractivity contribution is 0.0654. The predicted octanol–water partition coefficient (Wildman–Crippen LogP) is 5.11. The Morgan fingerprint density at radius 3 is 2.50 bits per heavy atom. The van der Waals surface area contributed by atoms with Gasteiger partial charge in [-0.05, 0) is 35.4 Å². The largest absolute Gasteiger partial charge is 0.474 e. The molecule has 0 aliphatic carbocycles. The van der Waals surface area contributed by atoms with E-state index in [0.29, 0.717) is 29.3 Å². The van der Waals surface area contributed by atoms with E-state index in [4.69, 9.17) is 19.5 Å². The van der Waals surface area contributed by atoms with Crippen molar-refractivity contribution in [3.63, 3.8) is 0 Å². The fourth-order valence-corrected chi connectivity index (χ4v) is 4.08. The molecule has 0 fully saturated rings. The summed E-state index contributed by atoms with van der Waals surface area (Å²) in [6.07, 6.45) is 4.89. The molecule has 0 atom stereocenters. The van der Waals surface area contributed by atoms with E-state index in [9.17, 15) is 4.79 Å². The highest BCUT2D eigenvalue weighted by Crippen LogP contribution is 2.34. The van der Waals surface area contributed by atoms with Crippen molar-refractivity contribution in [3.8, 4) is 34.0 Å². The van der Waals surface area contributed by atoms with Crippen LogP contribution in [0.15, 0.2) is 95.8 Å². The summed E-state index contributed by atoms with van der Waals surface area (Å²) >= 11 is 0. The molecule has 10 heteroatoms. The molecule has 6 rings (SSSR count). The van der Waals surface area contributed by atoms with Gasteiger partial charge in [-0.1, -0.05) is 48.5 Å². The number of hydrogen-bond donors (Lipinski definition) is 2. The molecule has 10 nitrogen and oxygen atoms in total. The number of nitrogens with one attached hydrogen (secondary N) is 1. The summed E-state index contributed by atoms with van der Waals surface area (Å²) in [7, 11) is 0. The molecule has 4 aromatic heterocycles. The first kappa shape index (κ1) is 22.9. The first-order chi connectivity index (χ1) is 18.7. The van der Waals surface area contributed by atoms with E-state index in [0.717, 1.165) is 27.7 Å². The summed E-state index contributed by atoms with van der Waals surface area (Å²) in [6, 6.07) is 23.5. The normalized spacial score (nSPS) is 10.9. The van der Waals surface area contributed by atoms with E-state index in [1.165, 1.54) is 6.20 Å². The first-order valence-corrected chi connectivity index (χ1v) is 11.7. The lowest BCUT2D eigenvalue weighted by atomic mass is 10.0. The van der Waals surface area contributed by atoms with Gasteiger partial charge < -0.3 is 14.8 Å². The maximum absolute atomic E-state index is 11.1. The molecule has 0 aliphatic rings. The number of nitrogens with zero attached hydrogens (tertiary/aromatic N) is 6. The summed E-state index contributed by atoms with van der Waals surface area (Å²) in [4.78, 5) is 29.6. The molecule has 0 unspecified atom stereocenters. The maximum Gasteiger partial charge on any atom is 0.393 e. The van der Waals surface area contributed by atoms with Crippen molar-refractivity contribution in [1.82, 2.24) is 30.1 Å². The van der Waals surface area contributed by atoms with Crippen molar-refractivity contribution in [2.75, 3.05) is 5.32 Å². The van der Waals surface area contributed by atoms with Gasteiger partial charge in [-0.15, -0.1) is 10.2 Å². The smallest absolute Gasteiger partial charge is 0.393 e. The van der Waals surface area contributed by atoms with Gasteiger partial charge >= 0.3 is 11.9 Å². The summed E-state index contributed by atoms with van der Waals surface area (Å²) in [6.45, 7) is 0.466. The summed E-state index contributed by atoms with van der Waals surface area (Å²) in [5.74, 6) is -0.687. The quantitative estimate of drug-likeness (QED) is 0.303. The molecule has 0 saturated heterocycles. The Balaban J connectivity index is 1.47. The van der Waals surface area contributed by atoms with Crippen LogP contribution in [0, 0.1) is 0 Å². The fraction of sp³-hybridized carbons (Fsp3) is 0.0357. The molecule has 184 valence electrons. The minimum absolute atomic E-state index is 0.0393. The predicted molar refractivity (Wildman–Crippen MR) is 140 cm³/mol. The van der Waals surface area contributed by atoms with Gasteiger partial charge in [0.2, 0.25) is 5.89 Å². The maximum atomic E-state index is 11.1. The van der Waals surface area contributed by atoms with E-state index in [-0.39, 0.29) is 5.89 Å². The molecule has 0 aliphatic heterocycles. The average molecular weight is 502 g/mol. The lowest BCUT2D eigenvalue weighted by Crippen LogP contribution is -2.06. The van der Waals surface area contributed by atoms with Gasteiger partial charge in [-0.2, -0.15) is 0 Å². The molecule has 0 bridgehead atoms. The van der Waals surface area contributed by atoms with E-state index < -0.39 is 11.9 Å². The van der Waals surface area contributed by atoms with Crippen molar-refractivity contribution in [1.29, 1.82) is 0 Å². The molecule has 6 aromatic rings. The van der Waals surface area contributed by atoms with Crippen LogP contribution in [0.4, 0.5) is 5.82 Å². The average Bonchev–Trinajstić information content (AvgIpc) is 3.48. The van der Waals surface area contributed by atoms with E-state index in [1.807, 2.05) is 66.7 Å². The second kappa shape index (κ2) is 9.86. The second-order valence-electron chi connectivity index (χ2n) is 8.32. The number of pyridine rings is 2. The fourth-order valence-electron chi connectivity index (χ4n) is 4.08. The number of carboxylic acids is 1. The minimum Gasteiger partial charge on any atom is -0.474 e. The molecule has 2 aromatic carbocycles. The van der Waals surface area contributed by atoms with Crippen LogP contribution >= 0.6 is 0 Å². The van der Waals surface area contributed by atoms with Crippen LogP contribution in [-0.2, 0) is 6.54 Å². The van der Waals surface area contributed by atoms with Gasteiger partial charge in [0.05, 0.1) is 28.7 Å². The van der Waals surface area contributed by atoms with Gasteiger partial charge in [-0.25, -0.2) is 14.8 Å². The number of anilines is 1. The van der Waals surface area contributed by atoms with Crippen molar-refractivity contribution in [2.45, 2.75) is 6.54 Å². The van der Waals surface area contributed by atoms with Crippen LogP contribution in [0.5, 0.6) is 0 Å². The van der Waals surface area contributed by atoms with Crippen LogP contribution < -0.4 is 5.32 Å². The van der Waals surface area contributed by atoms with Crippen molar-refractivity contribution in [2.24, 2.45) is 0 Å². The van der Waals surface area contributed by atoms with Crippen LogP contribution in [0.25, 0.3) is 44.9 Å². The molecule has 38 heavy (non-hydrogen) atoms. The van der Waals surface area contributed by atoms with Crippen LogP contribution in [0.1, 0.15) is 16.4 Å². The summed E-state index contributed by atoms with van der Waals surface area (Å²) in [5, 5.41) is 20.8. The van der Waals surface area contributed by atoms with Crippen LogP contribution in [0.2, 0.25) is 0 Å². The number of benzene rings is 2. The summed E-state index contributed by atoms with van der Waals surface area (Å²) < 4.78 is 5.25. The van der Waals surface area contributed by atoms with E-state index in [1.54, 1.807) is 18.5 Å². The zero-order chi connectivity index (χ0) is 25.9. The zero-order valence-electron chi connectivity index (χ0n) is 19.8. The molecular weight excluding hydrogens is 482 g/mol. The first-order valence-electron chi connectivity index (χ1n) is 11.7. The van der Waals surface area contributed by atoms with Gasteiger partial charge in [-0.3, -0.25) is 9.97 Å². The number of aromatic carboxylic acids is 1. The minimum atomic E-state index is -1.30. The van der Waals surface area contributed by atoms with Crippen molar-refractivity contribution < 1.29 is 14.3 Å². The number of fused-ring (bicyclic) bond motifs is 1. The van der Waals surface area contributed by atoms with Gasteiger partial charge in [0, 0.05) is 24.2 Å². The topological polar surface area (TPSA) is 140 Å². The SMILES string of the molecule is O=C(O)c1nnc(-c2cncc(-c3nc(NCc4ccccn4)c4c(-c5ccccc5)cccc4n3)c2)o1. The zero-order valence-corrected chi connectivity index (χ0v) is 19.8. The number of carboxylic acid groups (broad SMARTS) is 1. The lowest BCUT2D eigenvalue weighted by Gasteiger charge is -2.14. The molecule has 0 saturated carbocycles. The van der Waals surface area contributed by atoms with Gasteiger partial charge in [0.15, 0.2) is 5.82 Å². The van der Waals surface area contributed by atoms with Crippen molar-refractivity contribution in [3.05, 3.63) is 103 Å². The molecule has 0 spiro atoms. The molecule has 0 radical (unpaired) electrons. The van der Waals surface area contributed by atoms with Crippen LogP contribution in [0.3, 0.4) is 0 Å². The third-order valence-corrected chi connectivity index (χ3v) is 5.82. The Labute approximate surface area is 216 Å². The van der Waals surface area contributed by atoms with Gasteiger partial charge in [0.25, 0.3) is 0 Å². The van der Waals surface area contributed by atoms with Gasteiger partial charge in [0.1, 0.15) is 5.82 Å². The Hall–Kier alpha value is -5.51. The highest BCUT2D eigenvalue weighted by molar-refractivity contribution is 6.02. The van der Waals surface area contributed by atoms with Crippen LogP contribution in [-0.4, -0.2) is 41.2 Å². The Kier molecular flexibility index (Phi) is 5.95. The number of rotatable bonds is 7. The third kappa shape index (κ3) is 4.53. The summed E-state index contributed by atoms with van der Waals surface area (Å²) in [5.41, 5.74) is 4.71. The molecule has 2 N–H and O–H groups in total. The Bertz CT molecular complexity index is 1760. The second-order valence-corrected chi connectivity index (χ2v) is 8.32. The highest BCUT2D eigenvalue weighted by Gasteiger charge is 2.18. The number of carbonyl (C=O) groups is 1. The standard InChI is InChI=1S/C28H19N7O3/c36-28(37)27-35-34-26(38-27)19-13-18(14-29-15-19)24-32-22-11-6-10-21(17-7-2-1-3-8-17)23(22)25(33-24)31-16-20-9-4-5-12-30-20/h1-15H,16H2,(H,36,37)(H,31,32,33). The highest BCUT2D eigenvalue weighted by atomic mass is 16.4. The van der Waals surface area contributed by atoms with E-state index >= 15 is 0 Å². The Morgan fingerprint density at radius 1 is 0.868 bits per heavy atom. The molecule has 0 amide bonds. The third-order valence-electron chi connectivity index (χ3n) is 5.82. The number of hydrogen-bond acceptors (Lipinski definition) is 9. The Morgan fingerprint density at radius 2 is 1.71 bits per heavy atom. The number of aromatic nitrogens is 6. The van der Waals surface area contributed by atoms with Crippen molar-refractivity contribution >= 4 is 22.7 Å².